The van der Waals surface area contributed by atoms with Crippen LogP contribution in [0.4, 0.5) is 4.79 Å². The topological polar surface area (TPSA) is 103 Å². The van der Waals surface area contributed by atoms with Crippen LogP contribution in [0, 0.1) is 0 Å². The molecule has 3 amide bonds. The summed E-state index contributed by atoms with van der Waals surface area (Å²) in [5.74, 6) is -0.360. The van der Waals surface area contributed by atoms with E-state index in [1.165, 1.54) is 25.5 Å². The van der Waals surface area contributed by atoms with E-state index in [1.807, 2.05) is 0 Å². The maximum Gasteiger partial charge on any atom is 0.339 e. The highest BCUT2D eigenvalue weighted by Gasteiger charge is 2.24. The molecule has 8 nitrogen and oxygen atoms in total. The zero-order valence-electron chi connectivity index (χ0n) is 14.6. The van der Waals surface area contributed by atoms with Crippen LogP contribution < -0.4 is 20.1 Å². The summed E-state index contributed by atoms with van der Waals surface area (Å²) >= 11 is 0. The van der Waals surface area contributed by atoms with Crippen LogP contribution in [0.25, 0.3) is 0 Å². The van der Waals surface area contributed by atoms with Gasteiger partial charge < -0.3 is 19.5 Å². The molecule has 1 aliphatic heterocycles. The first-order valence-electron chi connectivity index (χ1n) is 8.75. The predicted molar refractivity (Wildman–Crippen MR) is 91.0 cm³/mol. The molecular weight excluding hydrogens is 340 g/mol. The van der Waals surface area contributed by atoms with Crippen molar-refractivity contribution in [3.8, 4) is 11.5 Å². The Morgan fingerprint density at radius 3 is 2.62 bits per heavy atom. The van der Waals surface area contributed by atoms with Gasteiger partial charge in [0.05, 0.1) is 5.56 Å². The van der Waals surface area contributed by atoms with Gasteiger partial charge in [-0.05, 0) is 38.0 Å². The van der Waals surface area contributed by atoms with E-state index in [9.17, 15) is 14.4 Å². The average Bonchev–Trinajstić information content (AvgIpc) is 3.10. The molecule has 140 valence electrons. The largest absolute Gasteiger partial charge is 0.454 e. The third kappa shape index (κ3) is 4.44. The van der Waals surface area contributed by atoms with Crippen molar-refractivity contribution in [1.29, 1.82) is 0 Å². The van der Waals surface area contributed by atoms with Gasteiger partial charge in [-0.1, -0.05) is 19.3 Å². The lowest BCUT2D eigenvalue weighted by atomic mass is 9.96. The second-order valence-corrected chi connectivity index (χ2v) is 6.41. The maximum atomic E-state index is 12.2. The first-order chi connectivity index (χ1) is 12.5. The normalized spacial score (nSPS) is 17.3. The molecule has 1 atom stereocenters. The van der Waals surface area contributed by atoms with E-state index in [4.69, 9.17) is 14.2 Å². The van der Waals surface area contributed by atoms with Crippen LogP contribution in [-0.4, -0.2) is 36.8 Å². The van der Waals surface area contributed by atoms with Crippen molar-refractivity contribution in [2.24, 2.45) is 0 Å². The van der Waals surface area contributed by atoms with Gasteiger partial charge in [0.25, 0.3) is 5.91 Å². The lowest BCUT2D eigenvalue weighted by molar-refractivity contribution is -0.127. The molecule has 0 bridgehead atoms. The molecule has 1 heterocycles. The number of hydrogen-bond acceptors (Lipinski definition) is 6. The Morgan fingerprint density at radius 1 is 1.12 bits per heavy atom. The third-order valence-electron chi connectivity index (χ3n) is 4.44. The molecule has 1 aliphatic carbocycles. The number of urea groups is 1. The molecule has 1 saturated carbocycles. The summed E-state index contributed by atoms with van der Waals surface area (Å²) in [6.07, 6.45) is 4.04. The predicted octanol–water partition coefficient (Wildman–Crippen LogP) is 2.12. The highest BCUT2D eigenvalue weighted by Crippen LogP contribution is 2.32. The second-order valence-electron chi connectivity index (χ2n) is 6.41. The molecule has 1 aromatic rings. The summed E-state index contributed by atoms with van der Waals surface area (Å²) in [6.45, 7) is 1.51. The van der Waals surface area contributed by atoms with Gasteiger partial charge in [0.15, 0.2) is 17.6 Å². The lowest BCUT2D eigenvalue weighted by Gasteiger charge is -2.23. The molecule has 0 spiro atoms. The Hall–Kier alpha value is -2.77. The van der Waals surface area contributed by atoms with E-state index in [2.05, 4.69) is 10.6 Å². The van der Waals surface area contributed by atoms with Crippen molar-refractivity contribution in [2.45, 2.75) is 51.2 Å². The molecule has 1 unspecified atom stereocenters. The molecule has 0 aromatic heterocycles. The summed E-state index contributed by atoms with van der Waals surface area (Å²) in [6, 6.07) is 4.14. The molecule has 3 rings (SSSR count). The van der Waals surface area contributed by atoms with E-state index in [0.29, 0.717) is 11.5 Å². The molecule has 1 aromatic carbocycles. The fraction of sp³-hybridized carbons (Fsp3) is 0.500. The number of amides is 3. The first kappa shape index (κ1) is 18.0. The smallest absolute Gasteiger partial charge is 0.339 e. The zero-order chi connectivity index (χ0) is 18.5. The first-order valence-corrected chi connectivity index (χ1v) is 8.75. The number of nitrogens with one attached hydrogen (secondary N) is 2. The van der Waals surface area contributed by atoms with Gasteiger partial charge in [-0.3, -0.25) is 10.1 Å². The molecule has 2 aliphatic rings. The fourth-order valence-electron chi connectivity index (χ4n) is 2.99. The number of carbonyl (C=O) groups is 3. The number of fused-ring (bicyclic) bond motifs is 1. The van der Waals surface area contributed by atoms with Gasteiger partial charge in [0.1, 0.15) is 0 Å². The molecule has 0 radical (unpaired) electrons. The number of esters is 1. The zero-order valence-corrected chi connectivity index (χ0v) is 14.6. The van der Waals surface area contributed by atoms with Crippen LogP contribution >= 0.6 is 0 Å². The number of rotatable bonds is 4. The van der Waals surface area contributed by atoms with Crippen molar-refractivity contribution >= 4 is 17.9 Å². The number of imide groups is 1. The lowest BCUT2D eigenvalue weighted by Crippen LogP contribution is -2.48. The van der Waals surface area contributed by atoms with Crippen molar-refractivity contribution in [2.75, 3.05) is 6.79 Å². The summed E-state index contributed by atoms with van der Waals surface area (Å²) in [4.78, 5) is 36.1. The molecular formula is C18H22N2O6. The van der Waals surface area contributed by atoms with Gasteiger partial charge in [0.2, 0.25) is 6.79 Å². The summed E-state index contributed by atoms with van der Waals surface area (Å²) in [7, 11) is 0. The van der Waals surface area contributed by atoms with Crippen molar-refractivity contribution in [3.63, 3.8) is 0 Å². The molecule has 8 heteroatoms. The average molecular weight is 362 g/mol. The van der Waals surface area contributed by atoms with E-state index in [-0.39, 0.29) is 18.4 Å². The van der Waals surface area contributed by atoms with E-state index in [0.717, 1.165) is 25.7 Å². The minimum Gasteiger partial charge on any atom is -0.454 e. The summed E-state index contributed by atoms with van der Waals surface area (Å²) < 4.78 is 15.5. The maximum absolute atomic E-state index is 12.2. The highest BCUT2D eigenvalue weighted by atomic mass is 16.7. The Morgan fingerprint density at radius 2 is 1.85 bits per heavy atom. The standard InChI is InChI=1S/C18H22N2O6/c1-11(16(21)20-18(23)19-13-5-3-2-4-6-13)26-17(22)12-7-8-14-15(9-12)25-10-24-14/h7-9,11,13H,2-6,10H2,1H3,(H2,19,20,21,23). The number of benzene rings is 1. The Balaban J connectivity index is 1.48. The summed E-state index contributed by atoms with van der Waals surface area (Å²) in [5, 5.41) is 4.99. The van der Waals surface area contributed by atoms with Crippen molar-refractivity contribution < 1.29 is 28.6 Å². The van der Waals surface area contributed by atoms with E-state index in [1.54, 1.807) is 6.07 Å². The van der Waals surface area contributed by atoms with E-state index >= 15 is 0 Å². The van der Waals surface area contributed by atoms with Gasteiger partial charge in [-0.15, -0.1) is 0 Å². The van der Waals surface area contributed by atoms with Crippen LogP contribution in [0.15, 0.2) is 18.2 Å². The second kappa shape index (κ2) is 8.07. The van der Waals surface area contributed by atoms with Crippen molar-refractivity contribution in [1.82, 2.24) is 10.6 Å². The van der Waals surface area contributed by atoms with Gasteiger partial charge in [-0.2, -0.15) is 0 Å². The minimum atomic E-state index is -1.11. The molecule has 1 fully saturated rings. The van der Waals surface area contributed by atoms with E-state index < -0.39 is 24.0 Å². The van der Waals surface area contributed by atoms with Gasteiger partial charge in [-0.25, -0.2) is 9.59 Å². The molecule has 0 saturated heterocycles. The van der Waals surface area contributed by atoms with Crippen LogP contribution in [0.5, 0.6) is 11.5 Å². The quantitative estimate of drug-likeness (QED) is 0.796. The van der Waals surface area contributed by atoms with Crippen LogP contribution in [-0.2, 0) is 9.53 Å². The van der Waals surface area contributed by atoms with Gasteiger partial charge >= 0.3 is 12.0 Å². The number of hydrogen-bond donors (Lipinski definition) is 2. The minimum absolute atomic E-state index is 0.0861. The molecule has 26 heavy (non-hydrogen) atoms. The third-order valence-corrected chi connectivity index (χ3v) is 4.44. The van der Waals surface area contributed by atoms with Gasteiger partial charge in [0, 0.05) is 6.04 Å². The number of carbonyl (C=O) groups excluding carboxylic acids is 3. The SMILES string of the molecule is CC(OC(=O)c1ccc2c(c1)OCO2)C(=O)NC(=O)NC1CCCCC1. The van der Waals surface area contributed by atoms with Crippen molar-refractivity contribution in [3.05, 3.63) is 23.8 Å². The fourth-order valence-corrected chi connectivity index (χ4v) is 2.99. The molecule has 2 N–H and O–H groups in total. The Labute approximate surface area is 151 Å². The van der Waals surface area contributed by atoms with Crippen LogP contribution in [0.3, 0.4) is 0 Å². The highest BCUT2D eigenvalue weighted by molar-refractivity contribution is 5.98. The van der Waals surface area contributed by atoms with Crippen LogP contribution in [0.2, 0.25) is 0 Å². The summed E-state index contributed by atoms with van der Waals surface area (Å²) in [5.41, 5.74) is 0.237. The Bertz CT molecular complexity index is 699. The number of ether oxygens (including phenoxy) is 3. The monoisotopic (exact) mass is 362 g/mol. The van der Waals surface area contributed by atoms with Crippen LogP contribution in [0.1, 0.15) is 49.4 Å². The Kier molecular flexibility index (Phi) is 5.60.